The highest BCUT2D eigenvalue weighted by molar-refractivity contribution is 7.98. The van der Waals surface area contributed by atoms with E-state index < -0.39 is 0 Å². The van der Waals surface area contributed by atoms with Crippen molar-refractivity contribution < 1.29 is 9.59 Å². The van der Waals surface area contributed by atoms with E-state index in [1.165, 1.54) is 11.8 Å². The molecule has 0 aliphatic carbocycles. The lowest BCUT2D eigenvalue weighted by atomic mass is 10.1. The lowest BCUT2D eigenvalue weighted by Crippen LogP contribution is -2.25. The lowest BCUT2D eigenvalue weighted by Gasteiger charge is -2.06. The fraction of sp³-hybridized carbons (Fsp3) is 0.294. The predicted octanol–water partition coefficient (Wildman–Crippen LogP) is 3.05. The van der Waals surface area contributed by atoms with Crippen LogP contribution in [0, 0.1) is 0 Å². The number of hydrogen-bond donors (Lipinski definition) is 2. The minimum Gasteiger partial charge on any atom is -0.352 e. The highest BCUT2D eigenvalue weighted by Gasteiger charge is 2.05. The summed E-state index contributed by atoms with van der Waals surface area (Å²) in [5, 5.41) is 7.73. The smallest absolute Gasteiger partial charge is 0.251 e. The fourth-order valence-corrected chi connectivity index (χ4v) is 3.61. The Morgan fingerprint density at radius 1 is 1.13 bits per heavy atom. The van der Waals surface area contributed by atoms with E-state index in [1.807, 2.05) is 23.9 Å². The molecule has 0 aliphatic heterocycles. The maximum Gasteiger partial charge on any atom is 0.251 e. The van der Waals surface area contributed by atoms with E-state index in [1.54, 1.807) is 23.5 Å². The maximum atomic E-state index is 12.0. The molecule has 0 saturated heterocycles. The van der Waals surface area contributed by atoms with Gasteiger partial charge in [0.15, 0.2) is 0 Å². The molecule has 2 aromatic rings. The molecule has 122 valence electrons. The van der Waals surface area contributed by atoms with E-state index >= 15 is 0 Å². The van der Waals surface area contributed by atoms with Crippen LogP contribution < -0.4 is 10.6 Å². The molecule has 0 unspecified atom stereocenters. The van der Waals surface area contributed by atoms with Crippen LogP contribution in [0.1, 0.15) is 27.7 Å². The molecule has 0 bridgehead atoms. The molecule has 6 heteroatoms. The van der Waals surface area contributed by atoms with Gasteiger partial charge < -0.3 is 10.6 Å². The molecule has 0 radical (unpaired) electrons. The van der Waals surface area contributed by atoms with Crippen molar-refractivity contribution in [3.05, 3.63) is 57.8 Å². The molecule has 1 aromatic heterocycles. The number of benzene rings is 1. The Labute approximate surface area is 144 Å². The predicted molar refractivity (Wildman–Crippen MR) is 96.8 cm³/mol. The molecular weight excluding hydrogens is 328 g/mol. The van der Waals surface area contributed by atoms with Gasteiger partial charge in [0, 0.05) is 42.0 Å². The van der Waals surface area contributed by atoms with Crippen LogP contribution in [-0.2, 0) is 17.1 Å². The molecule has 0 atom stereocenters. The number of rotatable bonds is 8. The van der Waals surface area contributed by atoms with Gasteiger partial charge in [-0.05, 0) is 29.1 Å². The summed E-state index contributed by atoms with van der Waals surface area (Å²) in [6.07, 6.45) is 0. The Balaban J connectivity index is 1.67. The first-order chi connectivity index (χ1) is 11.1. The second-order valence-corrected chi connectivity index (χ2v) is 7.13. The van der Waals surface area contributed by atoms with E-state index in [4.69, 9.17) is 0 Å². The van der Waals surface area contributed by atoms with Gasteiger partial charge in [0.05, 0.1) is 0 Å². The Bertz CT molecular complexity index is 625. The molecule has 23 heavy (non-hydrogen) atoms. The molecule has 1 aromatic carbocycles. The summed E-state index contributed by atoms with van der Waals surface area (Å²) in [5.74, 6) is 1.76. The number of thioether (sulfide) groups is 1. The van der Waals surface area contributed by atoms with Crippen molar-refractivity contribution in [3.63, 3.8) is 0 Å². The van der Waals surface area contributed by atoms with Gasteiger partial charge in [-0.2, -0.15) is 11.8 Å². The second kappa shape index (κ2) is 9.37. The van der Waals surface area contributed by atoms with Gasteiger partial charge in [-0.3, -0.25) is 9.59 Å². The van der Waals surface area contributed by atoms with E-state index in [0.717, 1.165) is 17.1 Å². The van der Waals surface area contributed by atoms with Crippen LogP contribution in [0.15, 0.2) is 41.8 Å². The number of amides is 2. The lowest BCUT2D eigenvalue weighted by molar-refractivity contribution is -0.119. The zero-order chi connectivity index (χ0) is 16.5. The third-order valence-corrected chi connectivity index (χ3v) is 5.18. The number of carbonyl (C=O) groups is 2. The number of hydrogen-bond acceptors (Lipinski definition) is 4. The largest absolute Gasteiger partial charge is 0.352 e. The standard InChI is InChI=1S/C17H20N2O2S2/c1-13(20)19-11-14-4-6-15(7-5-14)17(21)18-8-10-22-12-16-3-2-9-23-16/h2-7,9H,8,10-12H2,1H3,(H,18,21)(H,19,20). The minimum atomic E-state index is -0.0631. The molecule has 0 spiro atoms. The van der Waals surface area contributed by atoms with Crippen LogP contribution in [0.5, 0.6) is 0 Å². The van der Waals surface area contributed by atoms with E-state index in [0.29, 0.717) is 18.7 Å². The Morgan fingerprint density at radius 3 is 2.57 bits per heavy atom. The summed E-state index contributed by atoms with van der Waals surface area (Å²) < 4.78 is 0. The first-order valence-electron chi connectivity index (χ1n) is 7.37. The van der Waals surface area contributed by atoms with Crippen molar-refractivity contribution in [1.82, 2.24) is 10.6 Å². The summed E-state index contributed by atoms with van der Waals surface area (Å²) >= 11 is 3.57. The van der Waals surface area contributed by atoms with Gasteiger partial charge >= 0.3 is 0 Å². The first kappa shape index (κ1) is 17.6. The number of nitrogens with one attached hydrogen (secondary N) is 2. The van der Waals surface area contributed by atoms with Gasteiger partial charge in [-0.15, -0.1) is 11.3 Å². The van der Waals surface area contributed by atoms with Crippen LogP contribution in [0.25, 0.3) is 0 Å². The van der Waals surface area contributed by atoms with Gasteiger partial charge in [0.2, 0.25) is 5.91 Å². The molecular formula is C17H20N2O2S2. The minimum absolute atomic E-state index is 0.0622. The van der Waals surface area contributed by atoms with Crippen molar-refractivity contribution in [2.75, 3.05) is 12.3 Å². The average molecular weight is 348 g/mol. The Morgan fingerprint density at radius 2 is 1.91 bits per heavy atom. The van der Waals surface area contributed by atoms with Gasteiger partial charge in [0.1, 0.15) is 0 Å². The van der Waals surface area contributed by atoms with Crippen molar-refractivity contribution in [3.8, 4) is 0 Å². The van der Waals surface area contributed by atoms with Crippen LogP contribution in [-0.4, -0.2) is 24.1 Å². The molecule has 0 aliphatic rings. The van der Waals surface area contributed by atoms with Crippen molar-refractivity contribution in [2.45, 2.75) is 19.2 Å². The van der Waals surface area contributed by atoms with Crippen LogP contribution in [0.2, 0.25) is 0 Å². The molecule has 0 saturated carbocycles. The van der Waals surface area contributed by atoms with Crippen molar-refractivity contribution >= 4 is 34.9 Å². The normalized spacial score (nSPS) is 10.3. The van der Waals surface area contributed by atoms with Crippen LogP contribution in [0.4, 0.5) is 0 Å². The zero-order valence-corrected chi connectivity index (χ0v) is 14.6. The Kier molecular flexibility index (Phi) is 7.16. The summed E-state index contributed by atoms with van der Waals surface area (Å²) in [7, 11) is 0. The zero-order valence-electron chi connectivity index (χ0n) is 13.0. The summed E-state index contributed by atoms with van der Waals surface area (Å²) in [5.41, 5.74) is 1.61. The average Bonchev–Trinajstić information content (AvgIpc) is 3.06. The second-order valence-electron chi connectivity index (χ2n) is 4.99. The van der Waals surface area contributed by atoms with Crippen LogP contribution >= 0.6 is 23.1 Å². The van der Waals surface area contributed by atoms with E-state index in [9.17, 15) is 9.59 Å². The number of carbonyl (C=O) groups excluding carboxylic acids is 2. The monoisotopic (exact) mass is 348 g/mol. The highest BCUT2D eigenvalue weighted by atomic mass is 32.2. The molecule has 0 fully saturated rings. The molecule has 2 rings (SSSR count). The fourth-order valence-electron chi connectivity index (χ4n) is 1.91. The molecule has 4 nitrogen and oxygen atoms in total. The molecule has 2 amide bonds. The summed E-state index contributed by atoms with van der Waals surface area (Å²) in [6.45, 7) is 2.62. The molecule has 1 heterocycles. The van der Waals surface area contributed by atoms with Gasteiger partial charge in [0.25, 0.3) is 5.91 Å². The SMILES string of the molecule is CC(=O)NCc1ccc(C(=O)NCCSCc2cccs2)cc1. The quantitative estimate of drug-likeness (QED) is 0.721. The topological polar surface area (TPSA) is 58.2 Å². The first-order valence-corrected chi connectivity index (χ1v) is 9.40. The third-order valence-electron chi connectivity index (χ3n) is 3.11. The highest BCUT2D eigenvalue weighted by Crippen LogP contribution is 2.16. The summed E-state index contributed by atoms with van der Waals surface area (Å²) in [4.78, 5) is 24.2. The molecule has 2 N–H and O–H groups in total. The van der Waals surface area contributed by atoms with Crippen molar-refractivity contribution in [1.29, 1.82) is 0 Å². The van der Waals surface area contributed by atoms with E-state index in [2.05, 4.69) is 28.1 Å². The van der Waals surface area contributed by atoms with E-state index in [-0.39, 0.29) is 11.8 Å². The number of thiophene rings is 1. The van der Waals surface area contributed by atoms with Crippen molar-refractivity contribution in [2.24, 2.45) is 0 Å². The summed E-state index contributed by atoms with van der Waals surface area (Å²) in [6, 6.07) is 11.5. The Hall–Kier alpha value is -1.79. The van der Waals surface area contributed by atoms with Gasteiger partial charge in [-0.25, -0.2) is 0 Å². The maximum absolute atomic E-state index is 12.0. The van der Waals surface area contributed by atoms with Crippen LogP contribution in [0.3, 0.4) is 0 Å². The van der Waals surface area contributed by atoms with Gasteiger partial charge in [-0.1, -0.05) is 18.2 Å². The third kappa shape index (κ3) is 6.46.